The minimum Gasteiger partial charge on any atom is -0.550 e. The van der Waals surface area contributed by atoms with Gasteiger partial charge in [-0.05, 0) is 26.2 Å². The molecule has 1 aliphatic rings. The normalized spacial score (nSPS) is 20.6. The summed E-state index contributed by atoms with van der Waals surface area (Å²) in [5.41, 5.74) is 0. The first-order chi connectivity index (χ1) is 5.44. The van der Waals surface area contributed by atoms with Crippen LogP contribution in [0.3, 0.4) is 0 Å². The zero-order valence-corrected chi connectivity index (χ0v) is 8.30. The van der Waals surface area contributed by atoms with Gasteiger partial charge < -0.3 is 14.4 Å². The molecule has 0 bridgehead atoms. The zero-order chi connectivity index (χ0) is 9.61. The lowest BCUT2D eigenvalue weighted by Gasteiger charge is -2.33. The molecular weight excluding hydrogens is 154 g/mol. The van der Waals surface area contributed by atoms with Crippen LogP contribution in [0.4, 0.5) is 0 Å². The lowest BCUT2D eigenvalue weighted by molar-refractivity contribution is -0.894. The first-order valence-electron chi connectivity index (χ1n) is 4.44. The van der Waals surface area contributed by atoms with Crippen LogP contribution in [0.5, 0.6) is 0 Å². The van der Waals surface area contributed by atoms with Crippen molar-refractivity contribution < 1.29 is 14.4 Å². The number of likely N-dealkylation sites (tertiary alicyclic amines) is 1. The Morgan fingerprint density at radius 3 is 1.67 bits per heavy atom. The van der Waals surface area contributed by atoms with E-state index in [0.717, 1.165) is 6.92 Å². The molecule has 0 aliphatic carbocycles. The molecule has 3 nitrogen and oxygen atoms in total. The molecule has 0 unspecified atom stereocenters. The van der Waals surface area contributed by atoms with Gasteiger partial charge in [0.2, 0.25) is 0 Å². The second-order valence-corrected chi connectivity index (χ2v) is 3.94. The summed E-state index contributed by atoms with van der Waals surface area (Å²) in [6, 6.07) is 0. The Balaban J connectivity index is 0.000000261. The van der Waals surface area contributed by atoms with Crippen LogP contribution < -0.4 is 5.11 Å². The summed E-state index contributed by atoms with van der Waals surface area (Å²) < 4.78 is 1.25. The topological polar surface area (TPSA) is 40.1 Å². The maximum absolute atomic E-state index is 8.89. The van der Waals surface area contributed by atoms with E-state index in [1.165, 1.54) is 36.8 Å². The first-order valence-corrected chi connectivity index (χ1v) is 4.44. The van der Waals surface area contributed by atoms with Crippen LogP contribution in [-0.2, 0) is 4.79 Å². The van der Waals surface area contributed by atoms with E-state index < -0.39 is 5.97 Å². The van der Waals surface area contributed by atoms with Gasteiger partial charge in [0.25, 0.3) is 0 Å². The number of aliphatic carboxylic acids is 1. The van der Waals surface area contributed by atoms with Crippen LogP contribution in [0.1, 0.15) is 26.2 Å². The number of hydrogen-bond acceptors (Lipinski definition) is 2. The highest BCUT2D eigenvalue weighted by Crippen LogP contribution is 2.12. The van der Waals surface area contributed by atoms with Gasteiger partial charge in [-0.2, -0.15) is 0 Å². The van der Waals surface area contributed by atoms with Gasteiger partial charge in [-0.15, -0.1) is 0 Å². The second-order valence-electron chi connectivity index (χ2n) is 3.94. The highest BCUT2D eigenvalue weighted by molar-refractivity contribution is 5.60. The Hall–Kier alpha value is -0.570. The summed E-state index contributed by atoms with van der Waals surface area (Å²) >= 11 is 0. The molecule has 0 aromatic carbocycles. The number of carbonyl (C=O) groups excluding carboxylic acids is 1. The van der Waals surface area contributed by atoms with E-state index in [1.807, 2.05) is 0 Å². The monoisotopic (exact) mass is 173 g/mol. The van der Waals surface area contributed by atoms with E-state index in [2.05, 4.69) is 14.1 Å². The Morgan fingerprint density at radius 2 is 1.50 bits per heavy atom. The molecule has 0 aromatic heterocycles. The molecule has 1 rings (SSSR count). The van der Waals surface area contributed by atoms with Gasteiger partial charge in [0.1, 0.15) is 0 Å². The lowest BCUT2D eigenvalue weighted by Crippen LogP contribution is -2.43. The number of carbonyl (C=O) groups is 1. The van der Waals surface area contributed by atoms with Crippen LogP contribution in [0, 0.1) is 0 Å². The standard InChI is InChI=1S/C7H16N.C2H4O2/c1-8(2)6-4-3-5-7-8;1-2(3)4/h3-7H2,1-2H3;1H3,(H,3,4)/q+1;/p-1. The summed E-state index contributed by atoms with van der Waals surface area (Å²) in [6.45, 7) is 3.75. The van der Waals surface area contributed by atoms with Crippen molar-refractivity contribution in [3.05, 3.63) is 0 Å². The molecule has 0 amide bonds. The smallest absolute Gasteiger partial charge is 0.0782 e. The van der Waals surface area contributed by atoms with Crippen molar-refractivity contribution in [2.24, 2.45) is 0 Å². The minimum absolute atomic E-state index is 0.972. The van der Waals surface area contributed by atoms with Crippen LogP contribution in [0.2, 0.25) is 0 Å². The molecule has 12 heavy (non-hydrogen) atoms. The molecule has 1 fully saturated rings. The Bertz CT molecular complexity index is 131. The molecular formula is C9H19NO2. The van der Waals surface area contributed by atoms with Crippen molar-refractivity contribution in [2.45, 2.75) is 26.2 Å². The van der Waals surface area contributed by atoms with Gasteiger partial charge in [0.15, 0.2) is 0 Å². The predicted molar refractivity (Wildman–Crippen MR) is 46.4 cm³/mol. The average molecular weight is 173 g/mol. The fourth-order valence-electron chi connectivity index (χ4n) is 1.37. The summed E-state index contributed by atoms with van der Waals surface area (Å²) in [5.74, 6) is -1.08. The number of nitrogens with zero attached hydrogens (tertiary/aromatic N) is 1. The quantitative estimate of drug-likeness (QED) is 0.484. The van der Waals surface area contributed by atoms with E-state index in [4.69, 9.17) is 9.90 Å². The summed E-state index contributed by atoms with van der Waals surface area (Å²) in [4.78, 5) is 8.89. The second kappa shape index (κ2) is 5.14. The first kappa shape index (κ1) is 11.4. The van der Waals surface area contributed by atoms with Crippen LogP contribution in [0.25, 0.3) is 0 Å². The fraction of sp³-hybridized carbons (Fsp3) is 0.889. The average Bonchev–Trinajstić information content (AvgIpc) is 1.85. The molecule has 3 heteroatoms. The maximum atomic E-state index is 8.89. The van der Waals surface area contributed by atoms with Crippen molar-refractivity contribution >= 4 is 5.97 Å². The molecule has 0 radical (unpaired) electrons. The predicted octanol–water partition coefficient (Wildman–Crippen LogP) is 0.00290. The summed E-state index contributed by atoms with van der Waals surface area (Å²) in [5, 5.41) is 8.89. The Morgan fingerprint density at radius 1 is 1.17 bits per heavy atom. The van der Waals surface area contributed by atoms with Crippen molar-refractivity contribution in [3.63, 3.8) is 0 Å². The van der Waals surface area contributed by atoms with Gasteiger partial charge >= 0.3 is 0 Å². The number of quaternary nitrogens is 1. The third kappa shape index (κ3) is 7.54. The highest BCUT2D eigenvalue weighted by Gasteiger charge is 2.17. The number of carboxylic acids is 1. The Kier molecular flexibility index (Phi) is 4.90. The molecule has 1 heterocycles. The number of piperidine rings is 1. The van der Waals surface area contributed by atoms with E-state index >= 15 is 0 Å². The molecule has 72 valence electrons. The number of carboxylic acid groups (broad SMARTS) is 1. The van der Waals surface area contributed by atoms with Crippen molar-refractivity contribution in [3.8, 4) is 0 Å². The Labute approximate surface area is 74.6 Å². The van der Waals surface area contributed by atoms with Crippen molar-refractivity contribution in [2.75, 3.05) is 27.2 Å². The van der Waals surface area contributed by atoms with Gasteiger partial charge in [0.05, 0.1) is 27.2 Å². The van der Waals surface area contributed by atoms with Gasteiger partial charge in [-0.1, -0.05) is 0 Å². The molecule has 0 N–H and O–H groups in total. The van der Waals surface area contributed by atoms with E-state index in [0.29, 0.717) is 0 Å². The highest BCUT2D eigenvalue weighted by atomic mass is 16.4. The number of hydrogen-bond donors (Lipinski definition) is 0. The molecule has 0 spiro atoms. The molecule has 1 aliphatic heterocycles. The van der Waals surface area contributed by atoms with Crippen molar-refractivity contribution in [1.82, 2.24) is 0 Å². The van der Waals surface area contributed by atoms with E-state index in [9.17, 15) is 0 Å². The third-order valence-corrected chi connectivity index (χ3v) is 2.03. The zero-order valence-electron chi connectivity index (χ0n) is 8.30. The van der Waals surface area contributed by atoms with Crippen molar-refractivity contribution in [1.29, 1.82) is 0 Å². The lowest BCUT2D eigenvalue weighted by atomic mass is 10.1. The van der Waals surface area contributed by atoms with E-state index in [1.54, 1.807) is 0 Å². The van der Waals surface area contributed by atoms with E-state index in [-0.39, 0.29) is 0 Å². The molecule has 1 saturated heterocycles. The summed E-state index contributed by atoms with van der Waals surface area (Å²) in [7, 11) is 4.64. The fourth-order valence-corrected chi connectivity index (χ4v) is 1.37. The van der Waals surface area contributed by atoms with Crippen LogP contribution in [0.15, 0.2) is 0 Å². The molecule has 0 atom stereocenters. The third-order valence-electron chi connectivity index (χ3n) is 2.03. The largest absolute Gasteiger partial charge is 0.550 e. The van der Waals surface area contributed by atoms with Crippen LogP contribution in [-0.4, -0.2) is 37.6 Å². The maximum Gasteiger partial charge on any atom is 0.0782 e. The van der Waals surface area contributed by atoms with Crippen LogP contribution >= 0.6 is 0 Å². The van der Waals surface area contributed by atoms with Gasteiger partial charge in [0, 0.05) is 5.97 Å². The molecule has 0 aromatic rings. The number of rotatable bonds is 0. The summed E-state index contributed by atoms with van der Waals surface area (Å²) in [6.07, 6.45) is 4.34. The molecule has 0 saturated carbocycles. The van der Waals surface area contributed by atoms with Gasteiger partial charge in [-0.3, -0.25) is 0 Å². The SMILES string of the molecule is CC(=O)[O-].C[N+]1(C)CCCCC1. The van der Waals surface area contributed by atoms with Gasteiger partial charge in [-0.25, -0.2) is 0 Å². The minimum atomic E-state index is -1.08.